The Hall–Kier alpha value is -2.01. The van der Waals surface area contributed by atoms with Gasteiger partial charge in [-0.15, -0.1) is 0 Å². The molecule has 1 fully saturated rings. The average molecular weight is 377 g/mol. The zero-order valence-corrected chi connectivity index (χ0v) is 16.1. The lowest BCUT2D eigenvalue weighted by molar-refractivity contribution is 0.0731. The number of aromatic nitrogens is 1. The van der Waals surface area contributed by atoms with E-state index in [0.29, 0.717) is 11.5 Å². The molecule has 0 N–H and O–H groups in total. The Kier molecular flexibility index (Phi) is 6.20. The van der Waals surface area contributed by atoms with Crippen molar-refractivity contribution < 1.29 is 14.1 Å². The average Bonchev–Trinajstić information content (AvgIpc) is 3.06. The second kappa shape index (κ2) is 8.58. The van der Waals surface area contributed by atoms with Crippen molar-refractivity contribution in [3.63, 3.8) is 0 Å². The van der Waals surface area contributed by atoms with E-state index in [1.54, 1.807) is 6.07 Å². The summed E-state index contributed by atoms with van der Waals surface area (Å²) in [5.41, 5.74) is 2.28. The van der Waals surface area contributed by atoms with Crippen molar-refractivity contribution >= 4 is 17.5 Å². The fraction of sp³-hybridized carbons (Fsp3) is 0.500. The van der Waals surface area contributed by atoms with Crippen molar-refractivity contribution in [1.82, 2.24) is 10.1 Å². The van der Waals surface area contributed by atoms with Crippen LogP contribution in [0.2, 0.25) is 5.02 Å². The Morgan fingerprint density at radius 3 is 2.38 bits per heavy atom. The maximum Gasteiger partial charge on any atom is 0.276 e. The van der Waals surface area contributed by atoms with Crippen molar-refractivity contribution in [3.8, 4) is 5.75 Å². The van der Waals surface area contributed by atoms with Crippen LogP contribution in [0, 0.1) is 13.8 Å². The number of hydrogen-bond acceptors (Lipinski definition) is 4. The van der Waals surface area contributed by atoms with E-state index in [1.165, 1.54) is 19.3 Å². The summed E-state index contributed by atoms with van der Waals surface area (Å²) in [5, 5.41) is 4.69. The molecule has 2 aromatic rings. The Labute approximate surface area is 159 Å². The van der Waals surface area contributed by atoms with Gasteiger partial charge in [0.2, 0.25) is 0 Å². The Balaban J connectivity index is 1.61. The van der Waals surface area contributed by atoms with Crippen molar-refractivity contribution in [1.29, 1.82) is 0 Å². The number of rotatable bonds is 4. The Morgan fingerprint density at radius 2 is 1.73 bits per heavy atom. The van der Waals surface area contributed by atoms with Gasteiger partial charge >= 0.3 is 0 Å². The summed E-state index contributed by atoms with van der Waals surface area (Å²) in [5.74, 6) is 1.20. The number of carbonyl (C=O) groups excluding carboxylic acids is 1. The van der Waals surface area contributed by atoms with E-state index in [9.17, 15) is 4.79 Å². The van der Waals surface area contributed by atoms with Gasteiger partial charge in [-0.05, 0) is 49.9 Å². The molecule has 0 unspecified atom stereocenters. The number of halogens is 1. The molecule has 0 bridgehead atoms. The largest absolute Gasteiger partial charge is 0.486 e. The first-order valence-corrected chi connectivity index (χ1v) is 9.57. The zero-order valence-electron chi connectivity index (χ0n) is 15.4. The third-order valence-corrected chi connectivity index (χ3v) is 5.31. The molecule has 0 spiro atoms. The highest BCUT2D eigenvalue weighted by Crippen LogP contribution is 2.26. The monoisotopic (exact) mass is 376 g/mol. The van der Waals surface area contributed by atoms with Crippen LogP contribution in [0.1, 0.15) is 59.5 Å². The Bertz CT molecular complexity index is 741. The van der Waals surface area contributed by atoms with Crippen LogP contribution < -0.4 is 4.74 Å². The van der Waals surface area contributed by atoms with Crippen LogP contribution >= 0.6 is 11.6 Å². The summed E-state index contributed by atoms with van der Waals surface area (Å²) < 4.78 is 11.1. The molecule has 6 heteroatoms. The van der Waals surface area contributed by atoms with Gasteiger partial charge in [-0.2, -0.15) is 0 Å². The van der Waals surface area contributed by atoms with Crippen LogP contribution in [0.15, 0.2) is 22.7 Å². The van der Waals surface area contributed by atoms with Gasteiger partial charge in [-0.1, -0.05) is 36.0 Å². The van der Waals surface area contributed by atoms with Gasteiger partial charge in [-0.25, -0.2) is 0 Å². The van der Waals surface area contributed by atoms with E-state index in [-0.39, 0.29) is 12.5 Å². The molecule has 2 heterocycles. The standard InChI is InChI=1S/C20H25ClN2O3/c1-14-10-16(11-15(2)19(14)21)25-13-17-12-18(22-26-17)20(24)23-8-6-4-3-5-7-9-23/h10-12H,3-9,13H2,1-2H3. The quantitative estimate of drug-likeness (QED) is 0.759. The van der Waals surface area contributed by atoms with E-state index < -0.39 is 0 Å². The van der Waals surface area contributed by atoms with E-state index in [1.807, 2.05) is 30.9 Å². The molecule has 140 valence electrons. The molecule has 0 radical (unpaired) electrons. The van der Waals surface area contributed by atoms with Crippen LogP contribution in [0.4, 0.5) is 0 Å². The van der Waals surface area contributed by atoms with Gasteiger partial charge < -0.3 is 14.2 Å². The number of carbonyl (C=O) groups is 1. The third kappa shape index (κ3) is 4.58. The van der Waals surface area contributed by atoms with Crippen molar-refractivity contribution in [3.05, 3.63) is 45.8 Å². The first-order chi connectivity index (χ1) is 12.5. The SMILES string of the molecule is Cc1cc(OCc2cc(C(=O)N3CCCCCCC3)no2)cc(C)c1Cl. The summed E-state index contributed by atoms with van der Waals surface area (Å²) in [6.45, 7) is 5.69. The first kappa shape index (κ1) is 18.8. The normalized spacial score (nSPS) is 15.4. The summed E-state index contributed by atoms with van der Waals surface area (Å²) in [6.07, 6.45) is 5.73. The van der Waals surface area contributed by atoms with Crippen molar-refractivity contribution in [2.45, 2.75) is 52.6 Å². The third-order valence-electron chi connectivity index (χ3n) is 4.71. The fourth-order valence-electron chi connectivity index (χ4n) is 3.24. The molecule has 0 saturated carbocycles. The molecule has 26 heavy (non-hydrogen) atoms. The molecule has 1 amide bonds. The van der Waals surface area contributed by atoms with E-state index >= 15 is 0 Å². The lowest BCUT2D eigenvalue weighted by Gasteiger charge is -2.23. The maximum atomic E-state index is 12.6. The molecule has 0 atom stereocenters. The lowest BCUT2D eigenvalue weighted by atomic mass is 10.1. The van der Waals surface area contributed by atoms with Crippen molar-refractivity contribution in [2.24, 2.45) is 0 Å². The second-order valence-corrected chi connectivity index (χ2v) is 7.28. The second-order valence-electron chi connectivity index (χ2n) is 6.90. The smallest absolute Gasteiger partial charge is 0.276 e. The van der Waals surface area contributed by atoms with E-state index in [4.69, 9.17) is 20.9 Å². The van der Waals surface area contributed by atoms with Crippen molar-refractivity contribution in [2.75, 3.05) is 13.1 Å². The zero-order chi connectivity index (χ0) is 18.5. The summed E-state index contributed by atoms with van der Waals surface area (Å²) in [4.78, 5) is 14.5. The molecule has 1 aromatic carbocycles. The van der Waals surface area contributed by atoms with Crippen LogP contribution in [-0.2, 0) is 6.61 Å². The highest BCUT2D eigenvalue weighted by Gasteiger charge is 2.20. The molecular formula is C20H25ClN2O3. The summed E-state index contributed by atoms with van der Waals surface area (Å²) in [7, 11) is 0. The predicted molar refractivity (Wildman–Crippen MR) is 101 cm³/mol. The van der Waals surface area contributed by atoms with Gasteiger partial charge in [-0.3, -0.25) is 4.79 Å². The number of benzene rings is 1. The molecule has 3 rings (SSSR count). The van der Waals surface area contributed by atoms with Gasteiger partial charge in [0.05, 0.1) is 0 Å². The molecule has 0 aliphatic carbocycles. The fourth-order valence-corrected chi connectivity index (χ4v) is 3.35. The number of nitrogens with zero attached hydrogens (tertiary/aromatic N) is 2. The van der Waals surface area contributed by atoms with Crippen LogP contribution in [0.25, 0.3) is 0 Å². The molecule has 1 saturated heterocycles. The molecular weight excluding hydrogens is 352 g/mol. The van der Waals surface area contributed by atoms with Crippen LogP contribution in [0.5, 0.6) is 5.75 Å². The van der Waals surface area contributed by atoms with Gasteiger partial charge in [0.1, 0.15) is 12.4 Å². The maximum absolute atomic E-state index is 12.6. The predicted octanol–water partition coefficient (Wildman–Crippen LogP) is 4.93. The van der Waals surface area contributed by atoms with E-state index in [2.05, 4.69) is 5.16 Å². The van der Waals surface area contributed by atoms with Gasteiger partial charge in [0.15, 0.2) is 11.5 Å². The lowest BCUT2D eigenvalue weighted by Crippen LogP contribution is -2.34. The highest BCUT2D eigenvalue weighted by atomic mass is 35.5. The molecule has 1 aliphatic heterocycles. The number of hydrogen-bond donors (Lipinski definition) is 0. The number of amides is 1. The topological polar surface area (TPSA) is 55.6 Å². The van der Waals surface area contributed by atoms with E-state index in [0.717, 1.165) is 47.8 Å². The highest BCUT2D eigenvalue weighted by molar-refractivity contribution is 6.32. The Morgan fingerprint density at radius 1 is 1.12 bits per heavy atom. The summed E-state index contributed by atoms with van der Waals surface area (Å²) >= 11 is 6.17. The van der Waals surface area contributed by atoms with Crippen LogP contribution in [-0.4, -0.2) is 29.1 Å². The van der Waals surface area contributed by atoms with Crippen LogP contribution in [0.3, 0.4) is 0 Å². The minimum Gasteiger partial charge on any atom is -0.486 e. The first-order valence-electron chi connectivity index (χ1n) is 9.19. The van der Waals surface area contributed by atoms with Gasteiger partial charge in [0.25, 0.3) is 5.91 Å². The molecule has 1 aromatic heterocycles. The minimum absolute atomic E-state index is 0.0555. The number of likely N-dealkylation sites (tertiary alicyclic amines) is 1. The molecule has 5 nitrogen and oxygen atoms in total. The number of aryl methyl sites for hydroxylation is 2. The van der Waals surface area contributed by atoms with Gasteiger partial charge in [0, 0.05) is 24.2 Å². The minimum atomic E-state index is -0.0555. The summed E-state index contributed by atoms with van der Waals surface area (Å²) in [6, 6.07) is 5.45. The molecule has 1 aliphatic rings. The number of ether oxygens (including phenoxy) is 1.